The summed E-state index contributed by atoms with van der Waals surface area (Å²) in [6, 6.07) is 0. The van der Waals surface area contributed by atoms with Gasteiger partial charge in [-0.2, -0.15) is 0 Å². The first kappa shape index (κ1) is 14.5. The van der Waals surface area contributed by atoms with Gasteiger partial charge < -0.3 is 4.74 Å². The predicted molar refractivity (Wildman–Crippen MR) is 63.7 cm³/mol. The van der Waals surface area contributed by atoms with Crippen molar-refractivity contribution < 1.29 is 9.53 Å². The zero-order valence-electron chi connectivity index (χ0n) is 10.9. The molecular weight excluding hydrogens is 188 g/mol. The molecule has 0 N–H and O–H groups in total. The van der Waals surface area contributed by atoms with Gasteiger partial charge in [0.25, 0.3) is 0 Å². The van der Waals surface area contributed by atoms with Crippen LogP contribution in [0.15, 0.2) is 0 Å². The molecule has 0 saturated carbocycles. The Morgan fingerprint density at radius 3 is 2.07 bits per heavy atom. The Morgan fingerprint density at radius 1 is 1.07 bits per heavy atom. The van der Waals surface area contributed by atoms with Crippen molar-refractivity contribution in [1.82, 2.24) is 0 Å². The number of rotatable bonds is 7. The SMILES string of the molecule is COC(=O)C(CCCC(C)C)CC(C)C. The molecule has 0 fully saturated rings. The van der Waals surface area contributed by atoms with E-state index in [0.29, 0.717) is 5.92 Å². The molecule has 0 amide bonds. The second-order valence-electron chi connectivity index (χ2n) is 5.17. The standard InChI is InChI=1S/C13H26O2/c1-10(2)7-6-8-12(9-11(3)4)13(14)15-5/h10-12H,6-9H2,1-5H3. The van der Waals surface area contributed by atoms with Crippen LogP contribution >= 0.6 is 0 Å². The first-order chi connectivity index (χ1) is 6.97. The van der Waals surface area contributed by atoms with E-state index in [1.54, 1.807) is 0 Å². The van der Waals surface area contributed by atoms with Gasteiger partial charge in [0.15, 0.2) is 0 Å². The van der Waals surface area contributed by atoms with Gasteiger partial charge in [0.1, 0.15) is 0 Å². The monoisotopic (exact) mass is 214 g/mol. The average molecular weight is 214 g/mol. The zero-order valence-corrected chi connectivity index (χ0v) is 10.9. The third-order valence-electron chi connectivity index (χ3n) is 2.62. The Balaban J connectivity index is 3.96. The van der Waals surface area contributed by atoms with Crippen molar-refractivity contribution in [3.63, 3.8) is 0 Å². The fourth-order valence-corrected chi connectivity index (χ4v) is 1.84. The summed E-state index contributed by atoms with van der Waals surface area (Å²) in [6.45, 7) is 8.74. The topological polar surface area (TPSA) is 26.3 Å². The largest absolute Gasteiger partial charge is 0.469 e. The van der Waals surface area contributed by atoms with Gasteiger partial charge >= 0.3 is 5.97 Å². The molecule has 0 bridgehead atoms. The summed E-state index contributed by atoms with van der Waals surface area (Å²) in [7, 11) is 1.48. The van der Waals surface area contributed by atoms with E-state index < -0.39 is 0 Å². The Hall–Kier alpha value is -0.530. The smallest absolute Gasteiger partial charge is 0.308 e. The highest BCUT2D eigenvalue weighted by atomic mass is 16.5. The van der Waals surface area contributed by atoms with Crippen molar-refractivity contribution in [2.24, 2.45) is 17.8 Å². The second kappa shape index (κ2) is 7.72. The van der Waals surface area contributed by atoms with Gasteiger partial charge in [-0.15, -0.1) is 0 Å². The average Bonchev–Trinajstić information content (AvgIpc) is 2.14. The van der Waals surface area contributed by atoms with Crippen LogP contribution in [-0.4, -0.2) is 13.1 Å². The van der Waals surface area contributed by atoms with Crippen molar-refractivity contribution in [2.75, 3.05) is 7.11 Å². The molecule has 0 radical (unpaired) electrons. The van der Waals surface area contributed by atoms with Crippen LogP contribution < -0.4 is 0 Å². The Bertz CT molecular complexity index is 173. The van der Waals surface area contributed by atoms with Crippen LogP contribution in [0.3, 0.4) is 0 Å². The van der Waals surface area contributed by atoms with Crippen molar-refractivity contribution in [1.29, 1.82) is 0 Å². The van der Waals surface area contributed by atoms with Crippen LogP contribution in [0.1, 0.15) is 53.4 Å². The van der Waals surface area contributed by atoms with E-state index in [1.807, 2.05) is 0 Å². The van der Waals surface area contributed by atoms with E-state index in [-0.39, 0.29) is 11.9 Å². The quantitative estimate of drug-likeness (QED) is 0.605. The van der Waals surface area contributed by atoms with Gasteiger partial charge in [-0.05, 0) is 24.7 Å². The molecule has 90 valence electrons. The maximum absolute atomic E-state index is 11.5. The number of esters is 1. The first-order valence-corrected chi connectivity index (χ1v) is 6.05. The Morgan fingerprint density at radius 2 is 1.67 bits per heavy atom. The molecule has 0 heterocycles. The molecule has 0 aromatic carbocycles. The molecule has 0 aliphatic heterocycles. The van der Waals surface area contributed by atoms with Gasteiger partial charge in [-0.3, -0.25) is 4.79 Å². The van der Waals surface area contributed by atoms with E-state index in [0.717, 1.165) is 25.2 Å². The number of carbonyl (C=O) groups excluding carboxylic acids is 1. The van der Waals surface area contributed by atoms with Crippen molar-refractivity contribution in [2.45, 2.75) is 53.4 Å². The first-order valence-electron chi connectivity index (χ1n) is 6.05. The molecule has 15 heavy (non-hydrogen) atoms. The van der Waals surface area contributed by atoms with Gasteiger partial charge in [-0.1, -0.05) is 40.5 Å². The van der Waals surface area contributed by atoms with Gasteiger partial charge in [0.05, 0.1) is 13.0 Å². The number of ether oxygens (including phenoxy) is 1. The van der Waals surface area contributed by atoms with Crippen LogP contribution in [0, 0.1) is 17.8 Å². The normalized spacial score (nSPS) is 13.3. The number of carbonyl (C=O) groups is 1. The summed E-state index contributed by atoms with van der Waals surface area (Å²) in [5.41, 5.74) is 0. The molecule has 2 heteroatoms. The van der Waals surface area contributed by atoms with Crippen molar-refractivity contribution in [3.05, 3.63) is 0 Å². The lowest BCUT2D eigenvalue weighted by Crippen LogP contribution is -2.18. The fourth-order valence-electron chi connectivity index (χ4n) is 1.84. The van der Waals surface area contributed by atoms with E-state index >= 15 is 0 Å². The highest BCUT2D eigenvalue weighted by Gasteiger charge is 2.19. The van der Waals surface area contributed by atoms with Crippen LogP contribution in [0.5, 0.6) is 0 Å². The van der Waals surface area contributed by atoms with Gasteiger partial charge in [0, 0.05) is 0 Å². The van der Waals surface area contributed by atoms with Crippen LogP contribution in [-0.2, 0) is 9.53 Å². The maximum Gasteiger partial charge on any atom is 0.308 e. The zero-order chi connectivity index (χ0) is 11.8. The highest BCUT2D eigenvalue weighted by molar-refractivity contribution is 5.72. The lowest BCUT2D eigenvalue weighted by molar-refractivity contribution is -0.146. The molecule has 0 spiro atoms. The second-order valence-corrected chi connectivity index (χ2v) is 5.17. The summed E-state index contributed by atoms with van der Waals surface area (Å²) in [5, 5.41) is 0. The van der Waals surface area contributed by atoms with Gasteiger partial charge in [-0.25, -0.2) is 0 Å². The summed E-state index contributed by atoms with van der Waals surface area (Å²) >= 11 is 0. The van der Waals surface area contributed by atoms with Crippen molar-refractivity contribution >= 4 is 5.97 Å². The lowest BCUT2D eigenvalue weighted by atomic mass is 9.91. The summed E-state index contributed by atoms with van der Waals surface area (Å²) in [6.07, 6.45) is 4.25. The van der Waals surface area contributed by atoms with Crippen LogP contribution in [0.25, 0.3) is 0 Å². The van der Waals surface area contributed by atoms with E-state index in [2.05, 4.69) is 27.7 Å². The molecule has 0 aliphatic carbocycles. The highest BCUT2D eigenvalue weighted by Crippen LogP contribution is 2.20. The summed E-state index contributed by atoms with van der Waals surface area (Å²) < 4.78 is 4.83. The third kappa shape index (κ3) is 7.40. The Labute approximate surface area is 94.4 Å². The predicted octanol–water partition coefficient (Wildman–Crippen LogP) is 3.65. The molecule has 0 aromatic heterocycles. The van der Waals surface area contributed by atoms with Crippen molar-refractivity contribution in [3.8, 4) is 0 Å². The Kier molecular flexibility index (Phi) is 7.45. The summed E-state index contributed by atoms with van der Waals surface area (Å²) in [4.78, 5) is 11.5. The maximum atomic E-state index is 11.5. The molecule has 1 unspecified atom stereocenters. The number of hydrogen-bond donors (Lipinski definition) is 0. The fraction of sp³-hybridized carbons (Fsp3) is 0.923. The van der Waals surface area contributed by atoms with E-state index in [9.17, 15) is 4.79 Å². The van der Waals surface area contributed by atoms with E-state index in [1.165, 1.54) is 13.5 Å². The summed E-state index contributed by atoms with van der Waals surface area (Å²) in [5.74, 6) is 1.36. The molecular formula is C13H26O2. The van der Waals surface area contributed by atoms with Gasteiger partial charge in [0.2, 0.25) is 0 Å². The molecule has 0 aromatic rings. The molecule has 2 nitrogen and oxygen atoms in total. The molecule has 0 saturated heterocycles. The van der Waals surface area contributed by atoms with Crippen LogP contribution in [0.2, 0.25) is 0 Å². The van der Waals surface area contributed by atoms with E-state index in [4.69, 9.17) is 4.74 Å². The molecule has 1 atom stereocenters. The minimum absolute atomic E-state index is 0.0348. The minimum atomic E-state index is -0.0348. The third-order valence-corrected chi connectivity index (χ3v) is 2.62. The van der Waals surface area contributed by atoms with Crippen LogP contribution in [0.4, 0.5) is 0 Å². The minimum Gasteiger partial charge on any atom is -0.469 e. The lowest BCUT2D eigenvalue weighted by Gasteiger charge is -2.16. The molecule has 0 aliphatic rings. The number of methoxy groups -OCH3 is 1. The molecule has 0 rings (SSSR count). The number of hydrogen-bond acceptors (Lipinski definition) is 2.